The van der Waals surface area contributed by atoms with Crippen molar-refractivity contribution in [3.05, 3.63) is 29.3 Å². The molecule has 4 heteroatoms. The molecular formula is C13H18N2O2. The molecular weight excluding hydrogens is 216 g/mol. The van der Waals surface area contributed by atoms with Gasteiger partial charge in [0.05, 0.1) is 24.3 Å². The van der Waals surface area contributed by atoms with Gasteiger partial charge in [0, 0.05) is 24.3 Å². The van der Waals surface area contributed by atoms with E-state index in [1.165, 1.54) is 0 Å². The van der Waals surface area contributed by atoms with E-state index in [2.05, 4.69) is 6.07 Å². The van der Waals surface area contributed by atoms with E-state index in [9.17, 15) is 5.11 Å². The van der Waals surface area contributed by atoms with Gasteiger partial charge in [0.2, 0.25) is 0 Å². The number of aliphatic hydroxyl groups is 2. The Labute approximate surface area is 102 Å². The molecule has 0 bridgehead atoms. The average Bonchev–Trinajstić information content (AvgIpc) is 2.35. The summed E-state index contributed by atoms with van der Waals surface area (Å²) in [6, 6.07) is 7.29. The Hall–Kier alpha value is -1.57. The number of nitriles is 1. The fraction of sp³-hybridized carbons (Fsp3) is 0.462. The summed E-state index contributed by atoms with van der Waals surface area (Å²) in [7, 11) is 0. The van der Waals surface area contributed by atoms with E-state index in [1.807, 2.05) is 11.8 Å². The lowest BCUT2D eigenvalue weighted by Crippen LogP contribution is -2.27. The molecule has 0 saturated heterocycles. The van der Waals surface area contributed by atoms with Gasteiger partial charge in [-0.15, -0.1) is 0 Å². The van der Waals surface area contributed by atoms with Crippen molar-refractivity contribution in [3.63, 3.8) is 0 Å². The van der Waals surface area contributed by atoms with Crippen LogP contribution in [-0.2, 0) is 0 Å². The summed E-state index contributed by atoms with van der Waals surface area (Å²) in [6.45, 7) is 4.92. The summed E-state index contributed by atoms with van der Waals surface area (Å²) in [6.07, 6.45) is -0.592. The molecule has 0 aromatic heterocycles. The van der Waals surface area contributed by atoms with Crippen LogP contribution < -0.4 is 4.90 Å². The van der Waals surface area contributed by atoms with E-state index >= 15 is 0 Å². The molecule has 92 valence electrons. The molecule has 0 spiro atoms. The zero-order valence-corrected chi connectivity index (χ0v) is 10.2. The van der Waals surface area contributed by atoms with E-state index in [4.69, 9.17) is 10.4 Å². The first-order valence-corrected chi connectivity index (χ1v) is 5.72. The third-order valence-corrected chi connectivity index (χ3v) is 2.70. The normalized spacial score (nSPS) is 11.9. The number of likely N-dealkylation sites (N-methyl/N-ethyl adjacent to an activating group) is 1. The predicted octanol–water partition coefficient (Wildman–Crippen LogP) is 1.43. The number of rotatable bonds is 5. The maximum Gasteiger partial charge on any atom is 0.0992 e. The van der Waals surface area contributed by atoms with Crippen LogP contribution in [0.3, 0.4) is 0 Å². The van der Waals surface area contributed by atoms with Gasteiger partial charge in [0.1, 0.15) is 0 Å². The Morgan fingerprint density at radius 3 is 2.65 bits per heavy atom. The first kappa shape index (κ1) is 13.5. The smallest absolute Gasteiger partial charge is 0.0992 e. The molecule has 0 aliphatic carbocycles. The Morgan fingerprint density at radius 1 is 1.47 bits per heavy atom. The van der Waals surface area contributed by atoms with E-state index in [-0.39, 0.29) is 6.61 Å². The molecule has 1 atom stereocenters. The summed E-state index contributed by atoms with van der Waals surface area (Å²) >= 11 is 0. The molecule has 0 heterocycles. The third kappa shape index (κ3) is 3.19. The Bertz CT molecular complexity index is 410. The van der Waals surface area contributed by atoms with Gasteiger partial charge in [0.25, 0.3) is 0 Å². The lowest BCUT2D eigenvalue weighted by atomic mass is 10.0. The number of hydrogen-bond acceptors (Lipinski definition) is 4. The molecule has 0 fully saturated rings. The summed E-state index contributed by atoms with van der Waals surface area (Å²) in [5.41, 5.74) is 2.15. The Balaban J connectivity index is 3.20. The van der Waals surface area contributed by atoms with Crippen LogP contribution in [0.1, 0.15) is 31.1 Å². The van der Waals surface area contributed by atoms with Gasteiger partial charge in [-0.1, -0.05) is 6.07 Å². The number of benzene rings is 1. The summed E-state index contributed by atoms with van der Waals surface area (Å²) in [5, 5.41) is 27.6. The van der Waals surface area contributed by atoms with Crippen LogP contribution in [0.2, 0.25) is 0 Å². The summed E-state index contributed by atoms with van der Waals surface area (Å²) < 4.78 is 0. The van der Waals surface area contributed by atoms with Gasteiger partial charge in [-0.3, -0.25) is 0 Å². The molecule has 17 heavy (non-hydrogen) atoms. The molecule has 1 rings (SSSR count). The highest BCUT2D eigenvalue weighted by Gasteiger charge is 2.13. The van der Waals surface area contributed by atoms with Crippen LogP contribution in [0.4, 0.5) is 5.69 Å². The highest BCUT2D eigenvalue weighted by molar-refractivity contribution is 5.58. The van der Waals surface area contributed by atoms with Crippen molar-refractivity contribution in [2.24, 2.45) is 0 Å². The van der Waals surface area contributed by atoms with Gasteiger partial charge in [-0.05, 0) is 26.0 Å². The highest BCUT2D eigenvalue weighted by Crippen LogP contribution is 2.27. The minimum Gasteiger partial charge on any atom is -0.395 e. The highest BCUT2D eigenvalue weighted by atomic mass is 16.3. The largest absolute Gasteiger partial charge is 0.395 e. The van der Waals surface area contributed by atoms with Gasteiger partial charge >= 0.3 is 0 Å². The Kier molecular flexibility index (Phi) is 4.95. The van der Waals surface area contributed by atoms with Crippen molar-refractivity contribution in [1.29, 1.82) is 5.26 Å². The minimum absolute atomic E-state index is 0.0455. The van der Waals surface area contributed by atoms with Crippen molar-refractivity contribution in [3.8, 4) is 6.07 Å². The van der Waals surface area contributed by atoms with Crippen molar-refractivity contribution >= 4 is 5.69 Å². The molecule has 0 radical (unpaired) electrons. The zero-order chi connectivity index (χ0) is 12.8. The second kappa shape index (κ2) is 6.24. The molecule has 0 aliphatic rings. The van der Waals surface area contributed by atoms with Crippen LogP contribution in [0.15, 0.2) is 18.2 Å². The second-order valence-corrected chi connectivity index (χ2v) is 3.86. The third-order valence-electron chi connectivity index (χ3n) is 2.70. The number of hydrogen-bond donors (Lipinski definition) is 2. The van der Waals surface area contributed by atoms with Crippen molar-refractivity contribution in [2.75, 3.05) is 24.6 Å². The van der Waals surface area contributed by atoms with Crippen LogP contribution in [0.25, 0.3) is 0 Å². The second-order valence-electron chi connectivity index (χ2n) is 3.86. The number of anilines is 1. The molecule has 0 amide bonds. The van der Waals surface area contributed by atoms with Crippen LogP contribution in [0, 0.1) is 11.3 Å². The average molecular weight is 234 g/mol. The SMILES string of the molecule is CCN(CCO)c1cc(C#N)ccc1[C@H](C)O. The fourth-order valence-electron chi connectivity index (χ4n) is 1.81. The molecule has 1 aromatic carbocycles. The molecule has 4 nitrogen and oxygen atoms in total. The van der Waals surface area contributed by atoms with Crippen LogP contribution in [-0.4, -0.2) is 29.9 Å². The first-order chi connectivity index (χ1) is 8.13. The lowest BCUT2D eigenvalue weighted by molar-refractivity contribution is 0.199. The number of nitrogens with zero attached hydrogens (tertiary/aromatic N) is 2. The van der Waals surface area contributed by atoms with Crippen molar-refractivity contribution < 1.29 is 10.2 Å². The van der Waals surface area contributed by atoms with Crippen LogP contribution in [0.5, 0.6) is 0 Å². The van der Waals surface area contributed by atoms with Gasteiger partial charge in [-0.25, -0.2) is 0 Å². The maximum atomic E-state index is 9.71. The van der Waals surface area contributed by atoms with Gasteiger partial charge in [-0.2, -0.15) is 5.26 Å². The lowest BCUT2D eigenvalue weighted by Gasteiger charge is -2.26. The number of aliphatic hydroxyl groups excluding tert-OH is 2. The summed E-state index contributed by atoms with van der Waals surface area (Å²) in [4.78, 5) is 1.95. The standard InChI is InChI=1S/C13H18N2O2/c1-3-15(6-7-16)13-8-11(9-14)4-5-12(13)10(2)17/h4-5,8,10,16-17H,3,6-7H2,1-2H3/t10-/m0/s1. The van der Waals surface area contributed by atoms with E-state index < -0.39 is 6.10 Å². The topological polar surface area (TPSA) is 67.5 Å². The fourth-order valence-corrected chi connectivity index (χ4v) is 1.81. The minimum atomic E-state index is -0.592. The molecule has 0 aliphatic heterocycles. The molecule has 1 aromatic rings. The van der Waals surface area contributed by atoms with E-state index in [1.54, 1.807) is 25.1 Å². The van der Waals surface area contributed by atoms with Gasteiger partial charge in [0.15, 0.2) is 0 Å². The van der Waals surface area contributed by atoms with Crippen molar-refractivity contribution in [2.45, 2.75) is 20.0 Å². The monoisotopic (exact) mass is 234 g/mol. The summed E-state index contributed by atoms with van der Waals surface area (Å²) in [5.74, 6) is 0. The first-order valence-electron chi connectivity index (χ1n) is 5.72. The Morgan fingerprint density at radius 2 is 2.18 bits per heavy atom. The van der Waals surface area contributed by atoms with Crippen molar-refractivity contribution in [1.82, 2.24) is 0 Å². The maximum absolute atomic E-state index is 9.71. The molecule has 0 unspecified atom stereocenters. The molecule has 0 saturated carbocycles. The van der Waals surface area contributed by atoms with E-state index in [0.29, 0.717) is 12.1 Å². The van der Waals surface area contributed by atoms with E-state index in [0.717, 1.165) is 17.8 Å². The van der Waals surface area contributed by atoms with Gasteiger partial charge < -0.3 is 15.1 Å². The quantitative estimate of drug-likeness (QED) is 0.808. The molecule has 2 N–H and O–H groups in total. The van der Waals surface area contributed by atoms with Crippen LogP contribution >= 0.6 is 0 Å². The zero-order valence-electron chi connectivity index (χ0n) is 10.2. The predicted molar refractivity (Wildman–Crippen MR) is 66.8 cm³/mol.